The number of piperidine rings is 1. The molecule has 1 fully saturated rings. The molecule has 0 radical (unpaired) electrons. The first-order valence-electron chi connectivity index (χ1n) is 8.38. The van der Waals surface area contributed by atoms with Crippen molar-refractivity contribution in [3.63, 3.8) is 0 Å². The predicted molar refractivity (Wildman–Crippen MR) is 95.5 cm³/mol. The molecule has 0 bridgehead atoms. The number of likely N-dealkylation sites (tertiary alicyclic amines) is 1. The molecule has 0 saturated carbocycles. The first kappa shape index (κ1) is 19.4. The van der Waals surface area contributed by atoms with Crippen molar-refractivity contribution in [2.45, 2.75) is 44.6 Å². The molecule has 1 heterocycles. The molecule has 0 aliphatic carbocycles. The van der Waals surface area contributed by atoms with Crippen LogP contribution in [-0.2, 0) is 19.6 Å². The predicted octanol–water partition coefficient (Wildman–Crippen LogP) is 1.57. The molecule has 8 heteroatoms. The molecule has 2 amide bonds. The lowest BCUT2D eigenvalue weighted by atomic mass is 10.00. The van der Waals surface area contributed by atoms with Crippen molar-refractivity contribution in [2.75, 3.05) is 18.4 Å². The molecule has 138 valence electrons. The molecular formula is C17H25N3O4S. The van der Waals surface area contributed by atoms with Gasteiger partial charge in [0.15, 0.2) is 0 Å². The summed E-state index contributed by atoms with van der Waals surface area (Å²) in [4.78, 5) is 25.3. The number of hydrogen-bond acceptors (Lipinski definition) is 4. The van der Waals surface area contributed by atoms with Crippen LogP contribution in [0, 0.1) is 5.92 Å². The van der Waals surface area contributed by atoms with E-state index in [1.807, 2.05) is 0 Å². The zero-order chi connectivity index (χ0) is 18.6. The highest BCUT2D eigenvalue weighted by Crippen LogP contribution is 2.18. The van der Waals surface area contributed by atoms with Gasteiger partial charge in [0, 0.05) is 25.7 Å². The smallest absolute Gasteiger partial charge is 0.241 e. The first-order valence-corrected chi connectivity index (χ1v) is 9.86. The summed E-state index contributed by atoms with van der Waals surface area (Å²) in [6, 6.07) is 4.98. The van der Waals surface area contributed by atoms with Gasteiger partial charge in [-0.05, 0) is 49.9 Å². The van der Waals surface area contributed by atoms with E-state index in [4.69, 9.17) is 0 Å². The van der Waals surface area contributed by atoms with Gasteiger partial charge in [-0.15, -0.1) is 0 Å². The van der Waals surface area contributed by atoms with Crippen LogP contribution in [0.4, 0.5) is 5.69 Å². The molecular weight excluding hydrogens is 342 g/mol. The van der Waals surface area contributed by atoms with E-state index in [9.17, 15) is 18.0 Å². The van der Waals surface area contributed by atoms with Crippen molar-refractivity contribution in [3.05, 3.63) is 24.3 Å². The quantitative estimate of drug-likeness (QED) is 0.826. The molecule has 1 aromatic rings. The summed E-state index contributed by atoms with van der Waals surface area (Å²) in [6.45, 7) is 6.35. The third-order valence-electron chi connectivity index (χ3n) is 4.16. The number of rotatable bonds is 5. The number of anilines is 1. The van der Waals surface area contributed by atoms with E-state index >= 15 is 0 Å². The SMILES string of the molecule is CC(=O)Nc1ccc(S(=O)(=O)N[C@@H](C)C(=O)N2CCCC(C)C2)cc1. The second kappa shape index (κ2) is 7.97. The Morgan fingerprint density at radius 3 is 2.44 bits per heavy atom. The van der Waals surface area contributed by atoms with E-state index < -0.39 is 16.1 Å². The van der Waals surface area contributed by atoms with Crippen LogP contribution in [0.3, 0.4) is 0 Å². The van der Waals surface area contributed by atoms with Crippen LogP contribution in [-0.4, -0.2) is 44.3 Å². The summed E-state index contributed by atoms with van der Waals surface area (Å²) in [6.07, 6.45) is 2.03. The van der Waals surface area contributed by atoms with Gasteiger partial charge in [-0.25, -0.2) is 8.42 Å². The minimum Gasteiger partial charge on any atom is -0.341 e. The zero-order valence-corrected chi connectivity index (χ0v) is 15.6. The minimum atomic E-state index is -3.81. The lowest BCUT2D eigenvalue weighted by Gasteiger charge is -2.32. The lowest BCUT2D eigenvalue weighted by Crippen LogP contribution is -2.49. The summed E-state index contributed by atoms with van der Waals surface area (Å²) in [5, 5.41) is 2.57. The lowest BCUT2D eigenvalue weighted by molar-refractivity contribution is -0.134. The second-order valence-electron chi connectivity index (χ2n) is 6.58. The van der Waals surface area contributed by atoms with Gasteiger partial charge in [0.1, 0.15) is 0 Å². The topological polar surface area (TPSA) is 95.6 Å². The van der Waals surface area contributed by atoms with Crippen molar-refractivity contribution < 1.29 is 18.0 Å². The van der Waals surface area contributed by atoms with Gasteiger partial charge in [-0.1, -0.05) is 6.92 Å². The average Bonchev–Trinajstić information content (AvgIpc) is 2.53. The largest absolute Gasteiger partial charge is 0.341 e. The van der Waals surface area contributed by atoms with Gasteiger partial charge in [0.05, 0.1) is 10.9 Å². The third-order valence-corrected chi connectivity index (χ3v) is 5.71. The number of nitrogens with zero attached hydrogens (tertiary/aromatic N) is 1. The molecule has 2 rings (SSSR count). The van der Waals surface area contributed by atoms with Crippen LogP contribution >= 0.6 is 0 Å². The Morgan fingerprint density at radius 2 is 1.88 bits per heavy atom. The van der Waals surface area contributed by atoms with Gasteiger partial charge in [0.25, 0.3) is 0 Å². The van der Waals surface area contributed by atoms with Crippen LogP contribution in [0.25, 0.3) is 0 Å². The van der Waals surface area contributed by atoms with E-state index in [-0.39, 0.29) is 16.7 Å². The summed E-state index contributed by atoms with van der Waals surface area (Å²) >= 11 is 0. The molecule has 1 aliphatic heterocycles. The summed E-state index contributed by atoms with van der Waals surface area (Å²) < 4.78 is 27.4. The number of nitrogens with one attached hydrogen (secondary N) is 2. The van der Waals surface area contributed by atoms with Crippen LogP contribution in [0.15, 0.2) is 29.2 Å². The average molecular weight is 367 g/mol. The Morgan fingerprint density at radius 1 is 1.24 bits per heavy atom. The normalized spacial score (nSPS) is 19.3. The Kier molecular flexibility index (Phi) is 6.18. The molecule has 0 spiro atoms. The Bertz CT molecular complexity index is 731. The first-order chi connectivity index (χ1) is 11.7. The fraction of sp³-hybridized carbons (Fsp3) is 0.529. The molecule has 2 atom stereocenters. The zero-order valence-electron chi connectivity index (χ0n) is 14.8. The number of sulfonamides is 1. The van der Waals surface area contributed by atoms with Gasteiger partial charge >= 0.3 is 0 Å². The highest BCUT2D eigenvalue weighted by Gasteiger charge is 2.28. The van der Waals surface area contributed by atoms with Crippen molar-refractivity contribution in [1.82, 2.24) is 9.62 Å². The summed E-state index contributed by atoms with van der Waals surface area (Å²) in [5.74, 6) is -0.00321. The monoisotopic (exact) mass is 367 g/mol. The molecule has 1 unspecified atom stereocenters. The van der Waals surface area contributed by atoms with Crippen molar-refractivity contribution in [3.8, 4) is 0 Å². The minimum absolute atomic E-state index is 0.0493. The van der Waals surface area contributed by atoms with E-state index in [2.05, 4.69) is 17.0 Å². The fourth-order valence-corrected chi connectivity index (χ4v) is 4.13. The summed E-state index contributed by atoms with van der Waals surface area (Å²) in [7, 11) is -3.81. The van der Waals surface area contributed by atoms with Crippen molar-refractivity contribution >= 4 is 27.5 Å². The van der Waals surface area contributed by atoms with E-state index in [1.165, 1.54) is 31.2 Å². The summed E-state index contributed by atoms with van der Waals surface area (Å²) in [5.41, 5.74) is 0.512. The number of amides is 2. The standard InChI is InChI=1S/C17H25N3O4S/c1-12-5-4-10-20(11-12)17(22)13(2)19-25(23,24)16-8-6-15(7-9-16)18-14(3)21/h6-9,12-13,19H,4-5,10-11H2,1-3H3,(H,18,21)/t12?,13-/m0/s1. The Balaban J connectivity index is 2.04. The Hall–Kier alpha value is -1.93. The second-order valence-corrected chi connectivity index (χ2v) is 8.29. The molecule has 1 saturated heterocycles. The van der Waals surface area contributed by atoms with Crippen LogP contribution in [0.2, 0.25) is 0 Å². The van der Waals surface area contributed by atoms with Crippen LogP contribution in [0.1, 0.15) is 33.6 Å². The van der Waals surface area contributed by atoms with Crippen molar-refractivity contribution in [1.29, 1.82) is 0 Å². The molecule has 1 aliphatic rings. The molecule has 1 aromatic carbocycles. The number of carbonyl (C=O) groups excluding carboxylic acids is 2. The molecule has 0 aromatic heterocycles. The van der Waals surface area contributed by atoms with E-state index in [1.54, 1.807) is 11.8 Å². The van der Waals surface area contributed by atoms with E-state index in [0.717, 1.165) is 12.8 Å². The van der Waals surface area contributed by atoms with Crippen LogP contribution < -0.4 is 10.0 Å². The van der Waals surface area contributed by atoms with Gasteiger partial charge in [-0.3, -0.25) is 9.59 Å². The van der Waals surface area contributed by atoms with Gasteiger partial charge in [0.2, 0.25) is 21.8 Å². The number of benzene rings is 1. The maximum Gasteiger partial charge on any atom is 0.241 e. The number of hydrogen-bond donors (Lipinski definition) is 2. The van der Waals surface area contributed by atoms with Crippen LogP contribution in [0.5, 0.6) is 0 Å². The maximum atomic E-state index is 12.5. The maximum absolute atomic E-state index is 12.5. The van der Waals surface area contributed by atoms with Crippen molar-refractivity contribution in [2.24, 2.45) is 5.92 Å². The highest BCUT2D eigenvalue weighted by atomic mass is 32.2. The number of carbonyl (C=O) groups is 2. The third kappa shape index (κ3) is 5.27. The molecule has 25 heavy (non-hydrogen) atoms. The van der Waals surface area contributed by atoms with Gasteiger partial charge < -0.3 is 10.2 Å². The molecule has 2 N–H and O–H groups in total. The van der Waals surface area contributed by atoms with E-state index in [0.29, 0.717) is 24.7 Å². The molecule has 7 nitrogen and oxygen atoms in total. The Labute approximate surface area is 148 Å². The highest BCUT2D eigenvalue weighted by molar-refractivity contribution is 7.89. The fourth-order valence-electron chi connectivity index (χ4n) is 2.94. The van der Waals surface area contributed by atoms with Gasteiger partial charge in [-0.2, -0.15) is 4.72 Å².